The van der Waals surface area contributed by atoms with Gasteiger partial charge < -0.3 is 5.73 Å². The summed E-state index contributed by atoms with van der Waals surface area (Å²) in [7, 11) is 0. The zero-order chi connectivity index (χ0) is 14.7. The molecule has 1 aromatic carbocycles. The summed E-state index contributed by atoms with van der Waals surface area (Å²) in [6.45, 7) is 0. The van der Waals surface area contributed by atoms with Gasteiger partial charge in [-0.3, -0.25) is 9.59 Å². The van der Waals surface area contributed by atoms with E-state index in [0.717, 1.165) is 0 Å². The largest absolute Gasteiger partial charge is 0.383 e. The maximum absolute atomic E-state index is 12.2. The van der Waals surface area contributed by atoms with Crippen molar-refractivity contribution in [1.82, 2.24) is 9.99 Å². The first-order valence-electron chi connectivity index (χ1n) is 5.60. The molecule has 1 heterocycles. The van der Waals surface area contributed by atoms with Crippen LogP contribution in [0, 0.1) is 0 Å². The highest BCUT2D eigenvalue weighted by Gasteiger charge is 2.23. The SMILES string of the molecule is Nc1ncc(Br)cc1C(=O)N(N)C(=O)c1ccccc1. The Morgan fingerprint density at radius 2 is 1.80 bits per heavy atom. The predicted molar refractivity (Wildman–Crippen MR) is 77.5 cm³/mol. The van der Waals surface area contributed by atoms with Gasteiger partial charge in [-0.2, -0.15) is 0 Å². The van der Waals surface area contributed by atoms with Crippen molar-refractivity contribution in [3.05, 3.63) is 58.2 Å². The van der Waals surface area contributed by atoms with Gasteiger partial charge in [-0.15, -0.1) is 0 Å². The Morgan fingerprint density at radius 1 is 1.15 bits per heavy atom. The number of aromatic nitrogens is 1. The van der Waals surface area contributed by atoms with Gasteiger partial charge in [0.25, 0.3) is 11.8 Å². The Bertz CT molecular complexity index is 661. The third-order valence-electron chi connectivity index (χ3n) is 2.57. The van der Waals surface area contributed by atoms with E-state index in [1.54, 1.807) is 30.3 Å². The molecule has 6 nitrogen and oxygen atoms in total. The van der Waals surface area contributed by atoms with Crippen LogP contribution in [0.1, 0.15) is 20.7 Å². The maximum Gasteiger partial charge on any atom is 0.278 e. The van der Waals surface area contributed by atoms with Crippen molar-refractivity contribution < 1.29 is 9.59 Å². The topological polar surface area (TPSA) is 102 Å². The number of pyridine rings is 1. The van der Waals surface area contributed by atoms with Gasteiger partial charge in [0, 0.05) is 16.2 Å². The van der Waals surface area contributed by atoms with E-state index in [0.29, 0.717) is 15.0 Å². The number of carbonyl (C=O) groups is 2. The lowest BCUT2D eigenvalue weighted by Crippen LogP contribution is -2.43. The van der Waals surface area contributed by atoms with Gasteiger partial charge in [0.2, 0.25) is 0 Å². The van der Waals surface area contributed by atoms with E-state index >= 15 is 0 Å². The quantitative estimate of drug-likeness (QED) is 0.375. The number of nitrogen functional groups attached to an aromatic ring is 1. The van der Waals surface area contributed by atoms with Crippen molar-refractivity contribution in [2.24, 2.45) is 5.84 Å². The number of amides is 2. The number of hydrogen-bond acceptors (Lipinski definition) is 5. The van der Waals surface area contributed by atoms with Crippen LogP contribution >= 0.6 is 15.9 Å². The molecule has 2 rings (SSSR count). The van der Waals surface area contributed by atoms with Crippen LogP contribution in [0.15, 0.2) is 47.1 Å². The molecule has 0 spiro atoms. The Morgan fingerprint density at radius 3 is 2.45 bits per heavy atom. The Balaban J connectivity index is 2.29. The van der Waals surface area contributed by atoms with Crippen molar-refractivity contribution in [3.8, 4) is 0 Å². The van der Waals surface area contributed by atoms with Gasteiger partial charge in [0.15, 0.2) is 0 Å². The Kier molecular flexibility index (Phi) is 4.11. The number of hydrogen-bond donors (Lipinski definition) is 2. The highest BCUT2D eigenvalue weighted by molar-refractivity contribution is 9.10. The van der Waals surface area contributed by atoms with Crippen LogP contribution < -0.4 is 11.6 Å². The van der Waals surface area contributed by atoms with Crippen molar-refractivity contribution in [1.29, 1.82) is 0 Å². The number of anilines is 1. The number of halogens is 1. The van der Waals surface area contributed by atoms with Gasteiger partial charge in [0.05, 0.1) is 5.56 Å². The zero-order valence-corrected chi connectivity index (χ0v) is 11.9. The molecule has 0 bridgehead atoms. The molecule has 0 saturated carbocycles. The van der Waals surface area contributed by atoms with Gasteiger partial charge >= 0.3 is 0 Å². The summed E-state index contributed by atoms with van der Waals surface area (Å²) in [5, 5.41) is 0.523. The third-order valence-corrected chi connectivity index (χ3v) is 3.01. The second-order valence-electron chi connectivity index (χ2n) is 3.93. The van der Waals surface area contributed by atoms with E-state index in [9.17, 15) is 9.59 Å². The summed E-state index contributed by atoms with van der Waals surface area (Å²) in [6.07, 6.45) is 1.45. The molecule has 7 heteroatoms. The standard InChI is InChI=1S/C13H11BrN4O2/c14-9-6-10(11(15)17-7-9)13(20)18(16)12(19)8-4-2-1-3-5-8/h1-7H,16H2,(H2,15,17). The first kappa shape index (κ1) is 14.2. The number of hydrazine groups is 1. The number of benzene rings is 1. The lowest BCUT2D eigenvalue weighted by Gasteiger charge is -2.15. The summed E-state index contributed by atoms with van der Waals surface area (Å²) in [6, 6.07) is 9.72. The number of nitrogens with two attached hydrogens (primary N) is 2. The Labute approximate surface area is 123 Å². The number of nitrogens with zero attached hydrogens (tertiary/aromatic N) is 2. The highest BCUT2D eigenvalue weighted by Crippen LogP contribution is 2.17. The average Bonchev–Trinajstić information content (AvgIpc) is 2.48. The van der Waals surface area contributed by atoms with Crippen LogP contribution in [0.5, 0.6) is 0 Å². The van der Waals surface area contributed by atoms with Crippen LogP contribution in [0.4, 0.5) is 5.82 Å². The van der Waals surface area contributed by atoms with Crippen molar-refractivity contribution in [3.63, 3.8) is 0 Å². The van der Waals surface area contributed by atoms with Crippen molar-refractivity contribution in [2.45, 2.75) is 0 Å². The first-order valence-corrected chi connectivity index (χ1v) is 6.39. The molecule has 0 aliphatic carbocycles. The van der Waals surface area contributed by atoms with Gasteiger partial charge in [-0.05, 0) is 34.1 Å². The minimum atomic E-state index is -0.717. The molecule has 0 radical (unpaired) electrons. The summed E-state index contributed by atoms with van der Waals surface area (Å²) in [5.74, 6) is 4.25. The summed E-state index contributed by atoms with van der Waals surface area (Å²) >= 11 is 3.18. The lowest BCUT2D eigenvalue weighted by atomic mass is 10.2. The summed E-state index contributed by atoms with van der Waals surface area (Å²) in [5.41, 5.74) is 5.99. The van der Waals surface area contributed by atoms with Crippen LogP contribution in [-0.4, -0.2) is 21.8 Å². The van der Waals surface area contributed by atoms with E-state index in [2.05, 4.69) is 20.9 Å². The molecule has 4 N–H and O–H groups in total. The zero-order valence-electron chi connectivity index (χ0n) is 10.3. The lowest BCUT2D eigenvalue weighted by molar-refractivity contribution is 0.0616. The fourth-order valence-corrected chi connectivity index (χ4v) is 1.89. The first-order chi connectivity index (χ1) is 9.50. The molecule has 1 aromatic heterocycles. The third kappa shape index (κ3) is 2.84. The molecule has 0 saturated heterocycles. The molecule has 0 atom stereocenters. The van der Waals surface area contributed by atoms with E-state index in [1.807, 2.05) is 0 Å². The van der Waals surface area contributed by atoms with Gasteiger partial charge in [-0.25, -0.2) is 15.8 Å². The molecule has 20 heavy (non-hydrogen) atoms. The molecule has 102 valence electrons. The van der Waals surface area contributed by atoms with E-state index in [4.69, 9.17) is 11.6 Å². The number of carbonyl (C=O) groups excluding carboxylic acids is 2. The fraction of sp³-hybridized carbons (Fsp3) is 0. The van der Waals surface area contributed by atoms with Gasteiger partial charge in [-0.1, -0.05) is 18.2 Å². The smallest absolute Gasteiger partial charge is 0.278 e. The predicted octanol–water partition coefficient (Wildman–Crippen LogP) is 1.58. The van der Waals surface area contributed by atoms with Crippen molar-refractivity contribution in [2.75, 3.05) is 5.73 Å². The van der Waals surface area contributed by atoms with Crippen LogP contribution in [-0.2, 0) is 0 Å². The van der Waals surface area contributed by atoms with Crippen LogP contribution in [0.2, 0.25) is 0 Å². The second-order valence-corrected chi connectivity index (χ2v) is 4.85. The molecule has 2 aromatic rings. The molecule has 0 aliphatic rings. The molecule has 0 aliphatic heterocycles. The van der Waals surface area contributed by atoms with E-state index < -0.39 is 11.8 Å². The van der Waals surface area contributed by atoms with Gasteiger partial charge in [0.1, 0.15) is 5.82 Å². The highest BCUT2D eigenvalue weighted by atomic mass is 79.9. The van der Waals surface area contributed by atoms with Crippen LogP contribution in [0.3, 0.4) is 0 Å². The summed E-state index contributed by atoms with van der Waals surface area (Å²) in [4.78, 5) is 28.1. The minimum Gasteiger partial charge on any atom is -0.383 e. The molecule has 2 amide bonds. The second kappa shape index (κ2) is 5.81. The average molecular weight is 335 g/mol. The van der Waals surface area contributed by atoms with Crippen molar-refractivity contribution >= 4 is 33.6 Å². The van der Waals surface area contributed by atoms with E-state index in [-0.39, 0.29) is 11.4 Å². The monoisotopic (exact) mass is 334 g/mol. The molecule has 0 fully saturated rings. The number of imide groups is 1. The normalized spacial score (nSPS) is 10.1. The summed E-state index contributed by atoms with van der Waals surface area (Å²) < 4.78 is 0.565. The van der Waals surface area contributed by atoms with Crippen LogP contribution in [0.25, 0.3) is 0 Å². The molecule has 0 unspecified atom stereocenters. The fourth-order valence-electron chi connectivity index (χ4n) is 1.56. The van der Waals surface area contributed by atoms with E-state index in [1.165, 1.54) is 12.3 Å². The number of rotatable bonds is 2. The minimum absolute atomic E-state index is 0.00881. The molecular weight excluding hydrogens is 324 g/mol. The Hall–Kier alpha value is -2.25. The molecular formula is C13H11BrN4O2. The maximum atomic E-state index is 12.2.